The van der Waals surface area contributed by atoms with Gasteiger partial charge in [0.1, 0.15) is 11.6 Å². The van der Waals surface area contributed by atoms with Crippen LogP contribution in [0.4, 0.5) is 19.0 Å². The van der Waals surface area contributed by atoms with Crippen LogP contribution >= 0.6 is 0 Å². The minimum Gasteiger partial charge on any atom is -0.507 e. The summed E-state index contributed by atoms with van der Waals surface area (Å²) in [7, 11) is 0. The predicted octanol–water partition coefficient (Wildman–Crippen LogP) is 3.47. The molecule has 144 valence electrons. The molecule has 1 fully saturated rings. The zero-order valence-corrected chi connectivity index (χ0v) is 14.8. The topological polar surface area (TPSA) is 56.7 Å². The zero-order chi connectivity index (χ0) is 19.6. The van der Waals surface area contributed by atoms with Gasteiger partial charge in [0.25, 0.3) is 5.91 Å². The number of anilines is 1. The van der Waals surface area contributed by atoms with Crippen LogP contribution in [0.2, 0.25) is 0 Å². The number of carbonyl (C=O) groups excluding carboxylic acids is 1. The summed E-state index contributed by atoms with van der Waals surface area (Å²) < 4.78 is 38.0. The molecule has 0 atom stereocenters. The van der Waals surface area contributed by atoms with E-state index in [9.17, 15) is 23.1 Å². The molecule has 0 radical (unpaired) electrons. The Kier molecular flexibility index (Phi) is 5.25. The quantitative estimate of drug-likeness (QED) is 0.868. The largest absolute Gasteiger partial charge is 0.507 e. The van der Waals surface area contributed by atoms with Gasteiger partial charge in [0.2, 0.25) is 0 Å². The molecule has 0 aliphatic carbocycles. The highest BCUT2D eigenvalue weighted by molar-refractivity contribution is 5.97. The van der Waals surface area contributed by atoms with E-state index in [1.54, 1.807) is 23.1 Å². The number of benzene rings is 1. The van der Waals surface area contributed by atoms with E-state index in [0.29, 0.717) is 38.4 Å². The molecule has 1 aromatic heterocycles. The monoisotopic (exact) mass is 379 g/mol. The number of alkyl halides is 3. The van der Waals surface area contributed by atoms with Gasteiger partial charge in [-0.1, -0.05) is 6.07 Å². The van der Waals surface area contributed by atoms with Crippen molar-refractivity contribution in [3.05, 3.63) is 53.2 Å². The van der Waals surface area contributed by atoms with Crippen LogP contribution in [0.3, 0.4) is 0 Å². The minimum absolute atomic E-state index is 0.0505. The molecular formula is C19H20F3N3O2. The Morgan fingerprint density at radius 1 is 1.11 bits per heavy atom. The lowest BCUT2D eigenvalue weighted by Gasteiger charge is -2.23. The smallest absolute Gasteiger partial charge is 0.417 e. The van der Waals surface area contributed by atoms with Gasteiger partial charge in [-0.3, -0.25) is 4.79 Å². The molecule has 2 aromatic rings. The number of carbonyl (C=O) groups is 1. The van der Waals surface area contributed by atoms with Crippen molar-refractivity contribution in [2.75, 3.05) is 31.1 Å². The lowest BCUT2D eigenvalue weighted by atomic mass is 10.1. The SMILES string of the molecule is Cc1ccc(C(=O)N2CCCN(c3ccc(C(F)(F)F)cn3)CC2)c(O)c1. The third-order valence-corrected chi connectivity index (χ3v) is 4.57. The van der Waals surface area contributed by atoms with Gasteiger partial charge in [-0.05, 0) is 43.2 Å². The van der Waals surface area contributed by atoms with E-state index < -0.39 is 11.7 Å². The van der Waals surface area contributed by atoms with Crippen molar-refractivity contribution in [1.29, 1.82) is 0 Å². The summed E-state index contributed by atoms with van der Waals surface area (Å²) in [4.78, 5) is 20.1. The molecule has 1 saturated heterocycles. The number of halogens is 3. The van der Waals surface area contributed by atoms with E-state index in [1.165, 1.54) is 6.07 Å². The van der Waals surface area contributed by atoms with Gasteiger partial charge in [0.15, 0.2) is 0 Å². The van der Waals surface area contributed by atoms with E-state index >= 15 is 0 Å². The summed E-state index contributed by atoms with van der Waals surface area (Å²) in [6.07, 6.45) is -2.93. The van der Waals surface area contributed by atoms with Crippen molar-refractivity contribution in [2.24, 2.45) is 0 Å². The number of amides is 1. The van der Waals surface area contributed by atoms with Gasteiger partial charge in [0, 0.05) is 32.4 Å². The Morgan fingerprint density at radius 3 is 2.52 bits per heavy atom. The second-order valence-electron chi connectivity index (χ2n) is 6.56. The molecule has 0 bridgehead atoms. The number of phenolic OH excluding ortho intramolecular Hbond substituents is 1. The average molecular weight is 379 g/mol. The summed E-state index contributed by atoms with van der Waals surface area (Å²) in [6.45, 7) is 3.77. The van der Waals surface area contributed by atoms with Crippen molar-refractivity contribution in [1.82, 2.24) is 9.88 Å². The first-order valence-electron chi connectivity index (χ1n) is 8.63. The minimum atomic E-state index is -4.41. The first-order chi connectivity index (χ1) is 12.8. The van der Waals surface area contributed by atoms with Crippen LogP contribution < -0.4 is 4.90 Å². The predicted molar refractivity (Wildman–Crippen MR) is 94.8 cm³/mol. The number of rotatable bonds is 2. The van der Waals surface area contributed by atoms with Gasteiger partial charge in [-0.25, -0.2) is 4.98 Å². The molecule has 5 nitrogen and oxygen atoms in total. The highest BCUT2D eigenvalue weighted by Gasteiger charge is 2.31. The van der Waals surface area contributed by atoms with Crippen LogP contribution in [-0.2, 0) is 6.18 Å². The van der Waals surface area contributed by atoms with Crippen molar-refractivity contribution in [3.8, 4) is 5.75 Å². The van der Waals surface area contributed by atoms with E-state index in [2.05, 4.69) is 4.98 Å². The van der Waals surface area contributed by atoms with Crippen molar-refractivity contribution >= 4 is 11.7 Å². The standard InChI is InChI=1S/C19H20F3N3O2/c1-13-3-5-15(16(26)11-13)18(27)25-8-2-7-24(9-10-25)17-6-4-14(12-23-17)19(20,21)22/h3-6,11-12,26H,2,7-10H2,1H3. The third-order valence-electron chi connectivity index (χ3n) is 4.57. The number of phenols is 1. The maximum atomic E-state index is 12.7. The van der Waals surface area contributed by atoms with E-state index in [4.69, 9.17) is 0 Å². The first kappa shape index (κ1) is 19.0. The Bertz CT molecular complexity index is 822. The number of pyridine rings is 1. The molecule has 0 unspecified atom stereocenters. The van der Waals surface area contributed by atoms with Gasteiger partial charge < -0.3 is 14.9 Å². The highest BCUT2D eigenvalue weighted by Crippen LogP contribution is 2.29. The van der Waals surface area contributed by atoms with Gasteiger partial charge >= 0.3 is 6.18 Å². The molecule has 1 N–H and O–H groups in total. The van der Waals surface area contributed by atoms with Gasteiger partial charge in [-0.2, -0.15) is 13.2 Å². The van der Waals surface area contributed by atoms with Crippen LogP contribution in [0.15, 0.2) is 36.5 Å². The molecule has 1 amide bonds. The van der Waals surface area contributed by atoms with E-state index in [0.717, 1.165) is 17.8 Å². The van der Waals surface area contributed by atoms with E-state index in [-0.39, 0.29) is 17.2 Å². The van der Waals surface area contributed by atoms with Crippen LogP contribution in [0, 0.1) is 6.92 Å². The second-order valence-corrected chi connectivity index (χ2v) is 6.56. The molecule has 8 heteroatoms. The van der Waals surface area contributed by atoms with E-state index in [1.807, 2.05) is 11.8 Å². The summed E-state index contributed by atoms with van der Waals surface area (Å²) in [5.74, 6) is 0.149. The number of aromatic hydroxyl groups is 1. The fraction of sp³-hybridized carbons (Fsp3) is 0.368. The summed E-state index contributed by atoms with van der Waals surface area (Å²) >= 11 is 0. The Hall–Kier alpha value is -2.77. The fourth-order valence-corrected chi connectivity index (χ4v) is 3.08. The number of nitrogens with zero attached hydrogens (tertiary/aromatic N) is 3. The Labute approximate surface area is 155 Å². The highest BCUT2D eigenvalue weighted by atomic mass is 19.4. The molecule has 2 heterocycles. The Morgan fingerprint density at radius 2 is 1.89 bits per heavy atom. The summed E-state index contributed by atoms with van der Waals surface area (Å²) in [6, 6.07) is 7.28. The fourth-order valence-electron chi connectivity index (χ4n) is 3.08. The average Bonchev–Trinajstić information content (AvgIpc) is 2.87. The zero-order valence-electron chi connectivity index (χ0n) is 14.8. The molecule has 0 spiro atoms. The van der Waals surface area contributed by atoms with Crippen molar-refractivity contribution in [3.63, 3.8) is 0 Å². The van der Waals surface area contributed by atoms with Gasteiger partial charge in [-0.15, -0.1) is 0 Å². The molecule has 0 saturated carbocycles. The molecule has 1 aliphatic heterocycles. The molecule has 3 rings (SSSR count). The van der Waals surface area contributed by atoms with Crippen LogP contribution in [0.25, 0.3) is 0 Å². The summed E-state index contributed by atoms with van der Waals surface area (Å²) in [5.41, 5.74) is 0.328. The second kappa shape index (κ2) is 7.46. The number of hydrogen-bond donors (Lipinski definition) is 1. The third kappa shape index (κ3) is 4.32. The Balaban J connectivity index is 1.69. The molecular weight excluding hydrogens is 359 g/mol. The lowest BCUT2D eigenvalue weighted by Crippen LogP contribution is -2.35. The maximum Gasteiger partial charge on any atom is 0.417 e. The molecule has 1 aliphatic rings. The van der Waals surface area contributed by atoms with Crippen molar-refractivity contribution in [2.45, 2.75) is 19.5 Å². The van der Waals surface area contributed by atoms with Crippen LogP contribution in [-0.4, -0.2) is 47.1 Å². The normalized spacial score (nSPS) is 15.6. The number of aromatic nitrogens is 1. The molecule has 27 heavy (non-hydrogen) atoms. The number of aryl methyl sites for hydroxylation is 1. The van der Waals surface area contributed by atoms with Crippen LogP contribution in [0.1, 0.15) is 27.9 Å². The lowest BCUT2D eigenvalue weighted by molar-refractivity contribution is -0.137. The molecule has 1 aromatic carbocycles. The maximum absolute atomic E-state index is 12.7. The number of hydrogen-bond acceptors (Lipinski definition) is 4. The summed E-state index contributed by atoms with van der Waals surface area (Å²) in [5, 5.41) is 10.0. The van der Waals surface area contributed by atoms with Crippen molar-refractivity contribution < 1.29 is 23.1 Å². The first-order valence-corrected chi connectivity index (χ1v) is 8.63. The van der Waals surface area contributed by atoms with Crippen LogP contribution in [0.5, 0.6) is 5.75 Å². The van der Waals surface area contributed by atoms with Gasteiger partial charge in [0.05, 0.1) is 11.1 Å².